The predicted molar refractivity (Wildman–Crippen MR) is 73.5 cm³/mol. The highest BCUT2D eigenvalue weighted by atomic mass is 16.5. The second kappa shape index (κ2) is 7.13. The summed E-state index contributed by atoms with van der Waals surface area (Å²) in [6.07, 6.45) is 0.959. The summed E-state index contributed by atoms with van der Waals surface area (Å²) in [5, 5.41) is 3.33. The Morgan fingerprint density at radius 1 is 1.33 bits per heavy atom. The normalized spacial score (nSPS) is 12.6. The molecule has 0 aromatic carbocycles. The Kier molecular flexibility index (Phi) is 5.80. The summed E-state index contributed by atoms with van der Waals surface area (Å²) >= 11 is 0. The average molecular weight is 253 g/mol. The largest absolute Gasteiger partial charge is 0.383 e. The van der Waals surface area contributed by atoms with Gasteiger partial charge in [0.05, 0.1) is 12.6 Å². The van der Waals surface area contributed by atoms with Crippen LogP contribution in [0.5, 0.6) is 0 Å². The number of nitrogens with one attached hydrogen (secondary N) is 2. The number of methoxy groups -OCH3 is 1. The fourth-order valence-corrected chi connectivity index (χ4v) is 1.54. The van der Waals surface area contributed by atoms with E-state index < -0.39 is 0 Å². The zero-order chi connectivity index (χ0) is 13.5. The Hall–Kier alpha value is -1.40. The number of nitrogen functional groups attached to an aromatic ring is 1. The monoisotopic (exact) mass is 253 g/mol. The molecule has 1 rings (SSSR count). The average Bonchev–Trinajstić information content (AvgIpc) is 2.37. The van der Waals surface area contributed by atoms with Crippen molar-refractivity contribution in [2.75, 3.05) is 24.5 Å². The molecule has 0 fully saturated rings. The Morgan fingerprint density at radius 2 is 2.00 bits per heavy atom. The van der Waals surface area contributed by atoms with Crippen LogP contribution in [0.1, 0.15) is 38.9 Å². The number of aromatic nitrogens is 2. The first kappa shape index (κ1) is 14.7. The van der Waals surface area contributed by atoms with E-state index in [4.69, 9.17) is 10.6 Å². The van der Waals surface area contributed by atoms with Gasteiger partial charge in [0.1, 0.15) is 17.5 Å². The minimum absolute atomic E-state index is 0.232. The molecule has 0 saturated heterocycles. The molecule has 1 atom stereocenters. The van der Waals surface area contributed by atoms with Gasteiger partial charge in [0, 0.05) is 19.1 Å². The molecular formula is C12H23N5O. The van der Waals surface area contributed by atoms with Gasteiger partial charge in [-0.3, -0.25) is 0 Å². The van der Waals surface area contributed by atoms with E-state index in [1.165, 1.54) is 0 Å². The van der Waals surface area contributed by atoms with Crippen molar-refractivity contribution < 1.29 is 4.74 Å². The van der Waals surface area contributed by atoms with Gasteiger partial charge in [0.25, 0.3) is 0 Å². The second-order valence-corrected chi connectivity index (χ2v) is 4.50. The van der Waals surface area contributed by atoms with Gasteiger partial charge in [-0.1, -0.05) is 20.8 Å². The molecule has 1 aromatic rings. The summed E-state index contributed by atoms with van der Waals surface area (Å²) in [5.74, 6) is 7.82. The molecule has 1 heterocycles. The number of hydrogen-bond acceptors (Lipinski definition) is 6. The third-order valence-corrected chi connectivity index (χ3v) is 2.62. The van der Waals surface area contributed by atoms with Crippen molar-refractivity contribution in [1.82, 2.24) is 9.97 Å². The standard InChI is InChI=1S/C12H23N5O/c1-5-9(7-18-4)14-10-6-11(17-13)16-12(15-10)8(2)3/h6,8-9H,5,7,13H2,1-4H3,(H2,14,15,16,17). The van der Waals surface area contributed by atoms with Gasteiger partial charge in [0.15, 0.2) is 0 Å². The molecule has 0 amide bonds. The number of ether oxygens (including phenoxy) is 1. The summed E-state index contributed by atoms with van der Waals surface area (Å²) in [4.78, 5) is 8.79. The van der Waals surface area contributed by atoms with Gasteiger partial charge in [-0.15, -0.1) is 0 Å². The molecular weight excluding hydrogens is 230 g/mol. The van der Waals surface area contributed by atoms with Crippen LogP contribution in [0.4, 0.5) is 11.6 Å². The molecule has 0 saturated carbocycles. The van der Waals surface area contributed by atoms with E-state index in [-0.39, 0.29) is 12.0 Å². The van der Waals surface area contributed by atoms with E-state index in [1.54, 1.807) is 13.2 Å². The molecule has 0 bridgehead atoms. The van der Waals surface area contributed by atoms with E-state index in [0.29, 0.717) is 12.4 Å². The van der Waals surface area contributed by atoms with Crippen molar-refractivity contribution in [2.45, 2.75) is 39.2 Å². The van der Waals surface area contributed by atoms with Gasteiger partial charge >= 0.3 is 0 Å². The minimum Gasteiger partial charge on any atom is -0.383 e. The summed E-state index contributed by atoms with van der Waals surface area (Å²) in [7, 11) is 1.69. The highest BCUT2D eigenvalue weighted by Gasteiger charge is 2.11. The second-order valence-electron chi connectivity index (χ2n) is 4.50. The van der Waals surface area contributed by atoms with Crippen LogP contribution in [-0.2, 0) is 4.74 Å². The first-order valence-corrected chi connectivity index (χ1v) is 6.21. The number of hydrazine groups is 1. The van der Waals surface area contributed by atoms with Crippen LogP contribution in [0.25, 0.3) is 0 Å². The quantitative estimate of drug-likeness (QED) is 0.507. The van der Waals surface area contributed by atoms with E-state index in [0.717, 1.165) is 18.1 Å². The lowest BCUT2D eigenvalue weighted by atomic mass is 10.2. The molecule has 6 heteroatoms. The maximum atomic E-state index is 5.42. The molecule has 1 unspecified atom stereocenters. The third kappa shape index (κ3) is 4.12. The molecule has 102 valence electrons. The third-order valence-electron chi connectivity index (χ3n) is 2.62. The van der Waals surface area contributed by atoms with E-state index in [2.05, 4.69) is 27.6 Å². The van der Waals surface area contributed by atoms with E-state index in [9.17, 15) is 0 Å². The summed E-state index contributed by atoms with van der Waals surface area (Å²) in [6.45, 7) is 6.84. The Balaban J connectivity index is 2.89. The van der Waals surface area contributed by atoms with Crippen LogP contribution in [0.3, 0.4) is 0 Å². The summed E-state index contributed by atoms with van der Waals surface area (Å²) in [6, 6.07) is 2.03. The molecule has 18 heavy (non-hydrogen) atoms. The fourth-order valence-electron chi connectivity index (χ4n) is 1.54. The highest BCUT2D eigenvalue weighted by Crippen LogP contribution is 2.17. The molecule has 0 spiro atoms. The first-order chi connectivity index (χ1) is 8.60. The summed E-state index contributed by atoms with van der Waals surface area (Å²) < 4.78 is 5.16. The number of rotatable bonds is 7. The Labute approximate surface area is 108 Å². The molecule has 0 aliphatic carbocycles. The maximum Gasteiger partial charge on any atom is 0.145 e. The van der Waals surface area contributed by atoms with Gasteiger partial charge in [-0.05, 0) is 6.42 Å². The van der Waals surface area contributed by atoms with Crippen molar-refractivity contribution >= 4 is 11.6 Å². The molecule has 1 aromatic heterocycles. The number of anilines is 2. The number of nitrogens with two attached hydrogens (primary N) is 1. The van der Waals surface area contributed by atoms with E-state index >= 15 is 0 Å². The smallest absolute Gasteiger partial charge is 0.145 e. The van der Waals surface area contributed by atoms with Crippen LogP contribution in [0.2, 0.25) is 0 Å². The molecule has 0 aliphatic rings. The minimum atomic E-state index is 0.232. The lowest BCUT2D eigenvalue weighted by Crippen LogP contribution is -2.25. The zero-order valence-corrected chi connectivity index (χ0v) is 11.5. The SMILES string of the molecule is CCC(COC)Nc1cc(NN)nc(C(C)C)n1. The van der Waals surface area contributed by atoms with Crippen molar-refractivity contribution in [3.05, 3.63) is 11.9 Å². The first-order valence-electron chi connectivity index (χ1n) is 6.21. The van der Waals surface area contributed by atoms with Crippen molar-refractivity contribution in [1.29, 1.82) is 0 Å². The maximum absolute atomic E-state index is 5.42. The van der Waals surface area contributed by atoms with Crippen molar-refractivity contribution in [2.24, 2.45) is 5.84 Å². The van der Waals surface area contributed by atoms with Crippen LogP contribution < -0.4 is 16.6 Å². The Morgan fingerprint density at radius 3 is 2.50 bits per heavy atom. The summed E-state index contributed by atoms with van der Waals surface area (Å²) in [5.41, 5.74) is 2.56. The van der Waals surface area contributed by atoms with E-state index in [1.807, 2.05) is 13.8 Å². The molecule has 0 radical (unpaired) electrons. The van der Waals surface area contributed by atoms with Crippen LogP contribution in [0.15, 0.2) is 6.07 Å². The topological polar surface area (TPSA) is 85.1 Å². The van der Waals surface area contributed by atoms with Gasteiger partial charge in [-0.2, -0.15) is 0 Å². The van der Waals surface area contributed by atoms with Crippen LogP contribution in [-0.4, -0.2) is 29.7 Å². The van der Waals surface area contributed by atoms with Crippen LogP contribution in [0, 0.1) is 0 Å². The zero-order valence-electron chi connectivity index (χ0n) is 11.5. The van der Waals surface area contributed by atoms with Crippen LogP contribution >= 0.6 is 0 Å². The Bertz CT molecular complexity index is 369. The molecule has 6 nitrogen and oxygen atoms in total. The number of nitrogens with zero attached hydrogens (tertiary/aromatic N) is 2. The van der Waals surface area contributed by atoms with Gasteiger partial charge < -0.3 is 15.5 Å². The van der Waals surface area contributed by atoms with Crippen molar-refractivity contribution in [3.63, 3.8) is 0 Å². The highest BCUT2D eigenvalue weighted by molar-refractivity contribution is 5.47. The lowest BCUT2D eigenvalue weighted by Gasteiger charge is -2.18. The van der Waals surface area contributed by atoms with Gasteiger partial charge in [-0.25, -0.2) is 15.8 Å². The molecule has 4 N–H and O–H groups in total. The van der Waals surface area contributed by atoms with Gasteiger partial charge in [0.2, 0.25) is 0 Å². The fraction of sp³-hybridized carbons (Fsp3) is 0.667. The molecule has 0 aliphatic heterocycles. The number of hydrogen-bond donors (Lipinski definition) is 3. The predicted octanol–water partition coefficient (Wildman–Crippen LogP) is 1.72. The van der Waals surface area contributed by atoms with Crippen molar-refractivity contribution in [3.8, 4) is 0 Å². The lowest BCUT2D eigenvalue weighted by molar-refractivity contribution is 0.184.